The summed E-state index contributed by atoms with van der Waals surface area (Å²) in [4.78, 5) is 0. The van der Waals surface area contributed by atoms with Gasteiger partial charge in [-0.3, -0.25) is 4.55 Å². The zero-order valence-corrected chi connectivity index (χ0v) is 9.02. The molecule has 0 aliphatic rings. The molecule has 0 aliphatic carbocycles. The zero-order chi connectivity index (χ0) is 6.78. The first kappa shape index (κ1) is 12.2. The van der Waals surface area contributed by atoms with Crippen molar-refractivity contribution < 1.29 is 32.4 Å². The van der Waals surface area contributed by atoms with Crippen molar-refractivity contribution in [1.29, 1.82) is 0 Å². The molecule has 0 aromatic carbocycles. The molecule has 0 amide bonds. The summed E-state index contributed by atoms with van der Waals surface area (Å²) in [6.07, 6.45) is 0.235. The standard InChI is InChI=1S/C3H9NO3S.Zn/c1-2-3(4)8(5,6)7;/h3H,2,4H2,1H3,(H,5,6,7);. The Kier molecular flexibility index (Phi) is 5.87. The maximum Gasteiger partial charge on any atom is 0.280 e. The van der Waals surface area contributed by atoms with Crippen molar-refractivity contribution in [2.75, 3.05) is 0 Å². The van der Waals surface area contributed by atoms with Gasteiger partial charge in [-0.1, -0.05) is 6.92 Å². The van der Waals surface area contributed by atoms with E-state index in [4.69, 9.17) is 10.3 Å². The summed E-state index contributed by atoms with van der Waals surface area (Å²) in [5, 5.41) is -1.12. The second-order valence-corrected chi connectivity index (χ2v) is 3.10. The summed E-state index contributed by atoms with van der Waals surface area (Å²) < 4.78 is 28.1. The predicted octanol–water partition coefficient (Wildman–Crippen LogP) is -0.433. The van der Waals surface area contributed by atoms with E-state index in [1.165, 1.54) is 0 Å². The van der Waals surface area contributed by atoms with Gasteiger partial charge in [-0.25, -0.2) is 0 Å². The molecule has 1 unspecified atom stereocenters. The Morgan fingerprint density at radius 2 is 2.00 bits per heavy atom. The van der Waals surface area contributed by atoms with E-state index in [2.05, 4.69) is 0 Å². The first-order valence-corrected chi connectivity index (χ1v) is 3.70. The van der Waals surface area contributed by atoms with Crippen molar-refractivity contribution in [2.45, 2.75) is 18.7 Å². The quantitative estimate of drug-likeness (QED) is 0.472. The van der Waals surface area contributed by atoms with E-state index in [-0.39, 0.29) is 25.9 Å². The third-order valence-electron chi connectivity index (χ3n) is 0.785. The molecule has 0 saturated carbocycles. The molecule has 0 heterocycles. The van der Waals surface area contributed by atoms with E-state index in [9.17, 15) is 8.42 Å². The third-order valence-corrected chi connectivity index (χ3v) is 1.88. The van der Waals surface area contributed by atoms with Crippen molar-refractivity contribution in [3.8, 4) is 0 Å². The Morgan fingerprint density at radius 1 is 1.67 bits per heavy atom. The van der Waals surface area contributed by atoms with Gasteiger partial charge in [0, 0.05) is 19.5 Å². The average Bonchev–Trinajstić information content (AvgIpc) is 1.62. The Labute approximate surface area is 67.3 Å². The summed E-state index contributed by atoms with van der Waals surface area (Å²) in [5.74, 6) is 0. The molecule has 0 bridgehead atoms. The number of nitrogens with two attached hydrogens (primary N) is 1. The van der Waals surface area contributed by atoms with Gasteiger partial charge in [0.15, 0.2) is 0 Å². The fraction of sp³-hybridized carbons (Fsp3) is 1.00. The molecule has 0 aliphatic heterocycles. The molecule has 52 valence electrons. The smallest absolute Gasteiger partial charge is 0.280 e. The molecule has 4 nitrogen and oxygen atoms in total. The molecule has 0 radical (unpaired) electrons. The van der Waals surface area contributed by atoms with Crippen LogP contribution in [0.5, 0.6) is 0 Å². The first-order chi connectivity index (χ1) is 3.48. The minimum Gasteiger partial charge on any atom is -0.313 e. The molecule has 0 saturated heterocycles. The van der Waals surface area contributed by atoms with Crippen LogP contribution in [0.1, 0.15) is 13.3 Å². The van der Waals surface area contributed by atoms with Crippen molar-refractivity contribution in [2.24, 2.45) is 5.73 Å². The minimum absolute atomic E-state index is 0. The van der Waals surface area contributed by atoms with Crippen LogP contribution in [0.2, 0.25) is 0 Å². The molecule has 0 aromatic rings. The van der Waals surface area contributed by atoms with E-state index in [0.717, 1.165) is 0 Å². The first-order valence-electron chi connectivity index (χ1n) is 2.20. The van der Waals surface area contributed by atoms with Crippen LogP contribution in [0.15, 0.2) is 0 Å². The summed E-state index contributed by atoms with van der Waals surface area (Å²) >= 11 is 0. The Morgan fingerprint density at radius 3 is 2.00 bits per heavy atom. The fourth-order valence-corrected chi connectivity index (χ4v) is 0.632. The van der Waals surface area contributed by atoms with Gasteiger partial charge in [0.1, 0.15) is 5.37 Å². The van der Waals surface area contributed by atoms with Crippen molar-refractivity contribution in [3.63, 3.8) is 0 Å². The topological polar surface area (TPSA) is 80.4 Å². The zero-order valence-electron chi connectivity index (χ0n) is 5.24. The second-order valence-electron chi connectivity index (χ2n) is 1.46. The van der Waals surface area contributed by atoms with Gasteiger partial charge >= 0.3 is 0 Å². The second kappa shape index (κ2) is 4.33. The largest absolute Gasteiger partial charge is 0.313 e. The normalized spacial score (nSPS) is 14.1. The summed E-state index contributed by atoms with van der Waals surface area (Å²) in [6, 6.07) is 0. The Bertz CT molecular complexity index is 154. The number of hydrogen-bond donors (Lipinski definition) is 2. The summed E-state index contributed by atoms with van der Waals surface area (Å²) in [5.41, 5.74) is 4.91. The van der Waals surface area contributed by atoms with Gasteiger partial charge in [-0.15, -0.1) is 0 Å². The molecule has 6 heteroatoms. The van der Waals surface area contributed by atoms with Gasteiger partial charge in [-0.05, 0) is 6.42 Å². The Balaban J connectivity index is 0. The molecule has 0 rings (SSSR count). The molecule has 3 N–H and O–H groups in total. The molecule has 0 aromatic heterocycles. The summed E-state index contributed by atoms with van der Waals surface area (Å²) in [6.45, 7) is 1.58. The van der Waals surface area contributed by atoms with Gasteiger partial charge in [-0.2, -0.15) is 8.42 Å². The number of hydrogen-bond acceptors (Lipinski definition) is 3. The predicted molar refractivity (Wildman–Crippen MR) is 29.8 cm³/mol. The van der Waals surface area contributed by atoms with E-state index >= 15 is 0 Å². The van der Waals surface area contributed by atoms with Gasteiger partial charge < -0.3 is 5.73 Å². The molecule has 9 heavy (non-hydrogen) atoms. The SMILES string of the molecule is CCC(N)S(=O)(=O)O.[Zn]. The van der Waals surface area contributed by atoms with Crippen molar-refractivity contribution >= 4 is 10.1 Å². The molecule has 1 atom stereocenters. The molecule has 0 fully saturated rings. The van der Waals surface area contributed by atoms with Gasteiger partial charge in [0.2, 0.25) is 0 Å². The van der Waals surface area contributed by atoms with Crippen LogP contribution in [0, 0.1) is 0 Å². The fourth-order valence-electron chi connectivity index (χ4n) is 0.211. The third kappa shape index (κ3) is 4.96. The average molecular weight is 205 g/mol. The summed E-state index contributed by atoms with van der Waals surface area (Å²) in [7, 11) is -3.98. The number of rotatable bonds is 2. The van der Waals surface area contributed by atoms with Crippen LogP contribution in [0.4, 0.5) is 0 Å². The minimum atomic E-state index is -3.98. The van der Waals surface area contributed by atoms with Crippen LogP contribution in [0.25, 0.3) is 0 Å². The monoisotopic (exact) mass is 203 g/mol. The van der Waals surface area contributed by atoms with Crippen LogP contribution in [-0.4, -0.2) is 18.3 Å². The van der Waals surface area contributed by atoms with Gasteiger partial charge in [0.05, 0.1) is 0 Å². The maximum atomic E-state index is 9.99. The van der Waals surface area contributed by atoms with E-state index in [1.54, 1.807) is 6.92 Å². The van der Waals surface area contributed by atoms with E-state index in [1.807, 2.05) is 0 Å². The van der Waals surface area contributed by atoms with Crippen molar-refractivity contribution in [3.05, 3.63) is 0 Å². The van der Waals surface area contributed by atoms with E-state index < -0.39 is 15.5 Å². The van der Waals surface area contributed by atoms with Crippen molar-refractivity contribution in [1.82, 2.24) is 0 Å². The van der Waals surface area contributed by atoms with Crippen LogP contribution in [0.3, 0.4) is 0 Å². The van der Waals surface area contributed by atoms with E-state index in [0.29, 0.717) is 0 Å². The molecular weight excluding hydrogens is 195 g/mol. The Hall–Kier alpha value is 0.493. The van der Waals surface area contributed by atoms with Crippen LogP contribution >= 0.6 is 0 Å². The maximum absolute atomic E-state index is 9.99. The molecular formula is C3H9NO3SZn. The van der Waals surface area contributed by atoms with Crippen LogP contribution < -0.4 is 5.73 Å². The van der Waals surface area contributed by atoms with Gasteiger partial charge in [0.25, 0.3) is 10.1 Å². The van der Waals surface area contributed by atoms with Crippen LogP contribution in [-0.2, 0) is 29.6 Å². The molecule has 0 spiro atoms.